The minimum atomic E-state index is 1.10. The molecule has 0 saturated carbocycles. The van der Waals surface area contributed by atoms with Gasteiger partial charge in [0.25, 0.3) is 0 Å². The first-order valence-electron chi connectivity index (χ1n) is 19.2. The molecule has 0 aliphatic carbocycles. The summed E-state index contributed by atoms with van der Waals surface area (Å²) >= 11 is 1.88. The second kappa shape index (κ2) is 13.4. The van der Waals surface area contributed by atoms with E-state index in [-0.39, 0.29) is 0 Å². The smallest absolute Gasteiger partial charge is 0.0467 e. The van der Waals surface area contributed by atoms with Crippen molar-refractivity contribution in [3.63, 3.8) is 0 Å². The highest BCUT2D eigenvalue weighted by atomic mass is 32.1. The number of hydrogen-bond acceptors (Lipinski definition) is 2. The highest BCUT2D eigenvalue weighted by Gasteiger charge is 2.18. The maximum absolute atomic E-state index is 2.41. The number of nitrogens with zero attached hydrogens (tertiary/aromatic N) is 1. The molecule has 11 aromatic rings. The van der Waals surface area contributed by atoms with Crippen molar-refractivity contribution in [1.82, 2.24) is 0 Å². The lowest BCUT2D eigenvalue weighted by molar-refractivity contribution is 1.28. The largest absolute Gasteiger partial charge is 0.310 e. The lowest BCUT2D eigenvalue weighted by Gasteiger charge is -2.27. The lowest BCUT2D eigenvalue weighted by atomic mass is 9.93. The van der Waals surface area contributed by atoms with Crippen LogP contribution >= 0.6 is 11.3 Å². The fraction of sp³-hybridized carbons (Fsp3) is 0. The average molecular weight is 730 g/mol. The summed E-state index contributed by atoms with van der Waals surface area (Å²) in [5.41, 5.74) is 10.6. The van der Waals surface area contributed by atoms with Gasteiger partial charge >= 0.3 is 0 Å². The highest BCUT2D eigenvalue weighted by molar-refractivity contribution is 7.26. The van der Waals surface area contributed by atoms with Gasteiger partial charge in [-0.15, -0.1) is 11.3 Å². The Morgan fingerprint density at radius 1 is 0.286 bits per heavy atom. The Labute approximate surface area is 330 Å². The molecule has 0 unspecified atom stereocenters. The first-order valence-corrected chi connectivity index (χ1v) is 20.0. The van der Waals surface area contributed by atoms with E-state index < -0.39 is 0 Å². The molecule has 0 fully saturated rings. The van der Waals surface area contributed by atoms with Crippen LogP contribution in [-0.2, 0) is 0 Å². The van der Waals surface area contributed by atoms with Crippen molar-refractivity contribution in [2.75, 3.05) is 4.90 Å². The Hall–Kier alpha value is -7.00. The van der Waals surface area contributed by atoms with E-state index in [0.29, 0.717) is 0 Å². The highest BCUT2D eigenvalue weighted by Crippen LogP contribution is 2.44. The molecule has 1 aromatic heterocycles. The maximum atomic E-state index is 2.41. The van der Waals surface area contributed by atoms with Gasteiger partial charge in [0.2, 0.25) is 0 Å². The molecule has 262 valence electrons. The maximum Gasteiger partial charge on any atom is 0.0467 e. The number of benzene rings is 10. The summed E-state index contributed by atoms with van der Waals surface area (Å²) in [5, 5.41) is 10.2. The van der Waals surface area contributed by atoms with Gasteiger partial charge in [0.15, 0.2) is 0 Å². The van der Waals surface area contributed by atoms with E-state index in [1.54, 1.807) is 0 Å². The van der Waals surface area contributed by atoms with Crippen LogP contribution in [0, 0.1) is 0 Å². The second-order valence-electron chi connectivity index (χ2n) is 14.5. The van der Waals surface area contributed by atoms with E-state index in [4.69, 9.17) is 0 Å². The SMILES string of the molecule is c1cc(-c2cccc3ccccc23)cc(N(c2ccc(-c3cccc4c3sc3ccccc34)cc2)c2cccc(-c3cc4ccccc4c4ccccc34)c2)c1. The zero-order valence-electron chi connectivity index (χ0n) is 30.6. The van der Waals surface area contributed by atoms with Gasteiger partial charge in [-0.1, -0.05) is 164 Å². The molecule has 1 nitrogen and oxygen atoms in total. The van der Waals surface area contributed by atoms with Gasteiger partial charge in [-0.3, -0.25) is 0 Å². The van der Waals surface area contributed by atoms with Crippen molar-refractivity contribution in [1.29, 1.82) is 0 Å². The van der Waals surface area contributed by atoms with Crippen LogP contribution in [0.2, 0.25) is 0 Å². The molecule has 2 heteroatoms. The molecule has 0 radical (unpaired) electrons. The summed E-state index contributed by atoms with van der Waals surface area (Å²) in [7, 11) is 0. The lowest BCUT2D eigenvalue weighted by Crippen LogP contribution is -2.10. The van der Waals surface area contributed by atoms with Crippen LogP contribution in [0.15, 0.2) is 212 Å². The van der Waals surface area contributed by atoms with Crippen LogP contribution in [0.4, 0.5) is 17.1 Å². The first kappa shape index (κ1) is 32.4. The molecule has 0 aliphatic heterocycles. The van der Waals surface area contributed by atoms with Gasteiger partial charge in [-0.2, -0.15) is 0 Å². The van der Waals surface area contributed by atoms with E-state index in [0.717, 1.165) is 17.1 Å². The molecule has 0 atom stereocenters. The molecular weight excluding hydrogens is 695 g/mol. The normalized spacial score (nSPS) is 11.6. The fourth-order valence-corrected chi connectivity index (χ4v) is 9.85. The van der Waals surface area contributed by atoms with Crippen molar-refractivity contribution in [2.24, 2.45) is 0 Å². The predicted octanol–water partition coefficient (Wildman–Crippen LogP) is 16.0. The van der Waals surface area contributed by atoms with Crippen molar-refractivity contribution < 1.29 is 0 Å². The average Bonchev–Trinajstić information content (AvgIpc) is 3.66. The number of thiophene rings is 1. The van der Waals surface area contributed by atoms with Crippen molar-refractivity contribution >= 4 is 80.9 Å². The van der Waals surface area contributed by atoms with Gasteiger partial charge in [0.1, 0.15) is 0 Å². The third-order valence-corrected chi connectivity index (χ3v) is 12.4. The number of anilines is 3. The van der Waals surface area contributed by atoms with E-state index >= 15 is 0 Å². The molecule has 0 aliphatic rings. The number of fused-ring (bicyclic) bond motifs is 7. The van der Waals surface area contributed by atoms with Crippen molar-refractivity contribution in [3.8, 4) is 33.4 Å². The van der Waals surface area contributed by atoms with E-state index in [1.807, 2.05) is 11.3 Å². The third kappa shape index (κ3) is 5.46. The summed E-state index contributed by atoms with van der Waals surface area (Å²) in [6.07, 6.45) is 0. The van der Waals surface area contributed by atoms with Gasteiger partial charge in [0.05, 0.1) is 0 Å². The Bertz CT molecular complexity index is 3260. The molecule has 0 amide bonds. The minimum absolute atomic E-state index is 1.10. The fourth-order valence-electron chi connectivity index (χ4n) is 8.61. The van der Waals surface area contributed by atoms with Gasteiger partial charge < -0.3 is 4.90 Å². The van der Waals surface area contributed by atoms with Crippen LogP contribution in [0.1, 0.15) is 0 Å². The number of rotatable bonds is 6. The van der Waals surface area contributed by atoms with E-state index in [1.165, 1.54) is 85.9 Å². The summed E-state index contributed by atoms with van der Waals surface area (Å²) in [6, 6.07) is 77.7. The third-order valence-electron chi connectivity index (χ3n) is 11.2. The predicted molar refractivity (Wildman–Crippen MR) is 243 cm³/mol. The van der Waals surface area contributed by atoms with E-state index in [2.05, 4.69) is 217 Å². The summed E-state index contributed by atoms with van der Waals surface area (Å²) in [6.45, 7) is 0. The molecule has 10 aromatic carbocycles. The number of hydrogen-bond donors (Lipinski definition) is 0. The Morgan fingerprint density at radius 2 is 0.839 bits per heavy atom. The summed E-state index contributed by atoms with van der Waals surface area (Å²) < 4.78 is 2.65. The Kier molecular flexibility index (Phi) is 7.75. The molecule has 0 saturated heterocycles. The molecule has 1 heterocycles. The standard InChI is InChI=1S/C54H35NS/c1-3-20-44-36(13-1)15-11-25-45(44)38-16-9-18-42(33-38)55(41-31-29-37(30-32-41)47-26-12-27-51-50-24-7-8-28-53(50)56-54(47)51)43-19-10-17-39(34-43)52-35-40-14-2-4-21-46(40)48-22-5-6-23-49(48)52/h1-35H. The molecular formula is C54H35NS. The zero-order chi connectivity index (χ0) is 37.0. The molecule has 0 N–H and O–H groups in total. The van der Waals surface area contributed by atoms with Gasteiger partial charge in [-0.25, -0.2) is 0 Å². The summed E-state index contributed by atoms with van der Waals surface area (Å²) in [5.74, 6) is 0. The topological polar surface area (TPSA) is 3.24 Å². The van der Waals surface area contributed by atoms with Crippen LogP contribution in [-0.4, -0.2) is 0 Å². The van der Waals surface area contributed by atoms with E-state index in [9.17, 15) is 0 Å². The molecule has 11 rings (SSSR count). The molecule has 56 heavy (non-hydrogen) atoms. The Morgan fingerprint density at radius 3 is 1.62 bits per heavy atom. The van der Waals surface area contributed by atoms with Crippen LogP contribution < -0.4 is 4.90 Å². The van der Waals surface area contributed by atoms with Crippen molar-refractivity contribution in [3.05, 3.63) is 212 Å². The quantitative estimate of drug-likeness (QED) is 0.154. The van der Waals surface area contributed by atoms with Crippen LogP contribution in [0.3, 0.4) is 0 Å². The van der Waals surface area contributed by atoms with Crippen molar-refractivity contribution in [2.45, 2.75) is 0 Å². The van der Waals surface area contributed by atoms with Gasteiger partial charge in [-0.05, 0) is 114 Å². The monoisotopic (exact) mass is 729 g/mol. The van der Waals surface area contributed by atoms with Crippen LogP contribution in [0.25, 0.3) is 85.9 Å². The zero-order valence-corrected chi connectivity index (χ0v) is 31.4. The van der Waals surface area contributed by atoms with Gasteiger partial charge in [0, 0.05) is 37.2 Å². The summed E-state index contributed by atoms with van der Waals surface area (Å²) in [4.78, 5) is 2.41. The Balaban J connectivity index is 1.08. The van der Waals surface area contributed by atoms with Crippen LogP contribution in [0.5, 0.6) is 0 Å². The second-order valence-corrected chi connectivity index (χ2v) is 15.5. The minimum Gasteiger partial charge on any atom is -0.310 e. The first-order chi connectivity index (χ1) is 27.8. The molecule has 0 spiro atoms. The molecule has 0 bridgehead atoms.